The molecule has 2 aromatic rings. The first-order chi connectivity index (χ1) is 7.66. The predicted octanol–water partition coefficient (Wildman–Crippen LogP) is 2.82. The van der Waals surface area contributed by atoms with Crippen LogP contribution in [0.15, 0.2) is 16.6 Å². The third-order valence-corrected chi connectivity index (χ3v) is 3.33. The van der Waals surface area contributed by atoms with Crippen LogP contribution in [-0.4, -0.2) is 22.8 Å². The summed E-state index contributed by atoms with van der Waals surface area (Å²) in [4.78, 5) is 4.27. The fraction of sp³-hybridized carbons (Fsp3) is 0.364. The summed E-state index contributed by atoms with van der Waals surface area (Å²) in [5.41, 5.74) is 1.27. The number of benzene rings is 1. The van der Waals surface area contributed by atoms with Crippen molar-refractivity contribution in [3.05, 3.63) is 28.2 Å². The molecule has 3 nitrogen and oxygen atoms in total. The van der Waals surface area contributed by atoms with E-state index in [1.807, 2.05) is 17.6 Å². The van der Waals surface area contributed by atoms with Gasteiger partial charge in [0.05, 0.1) is 24.8 Å². The molecule has 0 atom stereocenters. The van der Waals surface area contributed by atoms with E-state index in [0.29, 0.717) is 24.8 Å². The topological polar surface area (TPSA) is 27.1 Å². The molecule has 1 fully saturated rings. The van der Waals surface area contributed by atoms with E-state index >= 15 is 0 Å². The lowest BCUT2D eigenvalue weighted by Gasteiger charge is -2.28. The third-order valence-electron chi connectivity index (χ3n) is 2.88. The molecule has 0 amide bonds. The van der Waals surface area contributed by atoms with Crippen molar-refractivity contribution in [1.82, 2.24) is 9.55 Å². The maximum absolute atomic E-state index is 13.7. The molecule has 84 valence electrons. The largest absolute Gasteiger partial charge is 0.377 e. The molecule has 0 N–H and O–H groups in total. The Hall–Kier alpha value is -0.940. The van der Waals surface area contributed by atoms with Gasteiger partial charge in [0.15, 0.2) is 5.82 Å². The van der Waals surface area contributed by atoms with Gasteiger partial charge in [0.2, 0.25) is 0 Å². The molecule has 1 aromatic carbocycles. The van der Waals surface area contributed by atoms with Crippen molar-refractivity contribution >= 4 is 27.0 Å². The summed E-state index contributed by atoms with van der Waals surface area (Å²) in [5, 5.41) is 0. The molecule has 0 saturated carbocycles. The van der Waals surface area contributed by atoms with Gasteiger partial charge in [-0.2, -0.15) is 0 Å². The Morgan fingerprint density at radius 1 is 1.50 bits per heavy atom. The average molecular weight is 285 g/mol. The molecule has 1 aliphatic rings. The zero-order valence-electron chi connectivity index (χ0n) is 8.70. The van der Waals surface area contributed by atoms with Crippen molar-refractivity contribution in [3.8, 4) is 0 Å². The second-order valence-corrected chi connectivity index (χ2v) is 4.89. The summed E-state index contributed by atoms with van der Waals surface area (Å²) in [7, 11) is 0. The van der Waals surface area contributed by atoms with E-state index in [1.165, 1.54) is 6.07 Å². The normalized spacial score (nSPS) is 16.7. The molecular weight excluding hydrogens is 275 g/mol. The molecule has 1 saturated heterocycles. The predicted molar refractivity (Wildman–Crippen MR) is 62.0 cm³/mol. The molecule has 16 heavy (non-hydrogen) atoms. The van der Waals surface area contributed by atoms with Gasteiger partial charge in [-0.15, -0.1) is 0 Å². The fourth-order valence-corrected chi connectivity index (χ4v) is 2.49. The average Bonchev–Trinajstić information content (AvgIpc) is 2.43. The van der Waals surface area contributed by atoms with E-state index in [4.69, 9.17) is 4.74 Å². The first kappa shape index (κ1) is 10.2. The van der Waals surface area contributed by atoms with Crippen molar-refractivity contribution in [2.75, 3.05) is 13.2 Å². The van der Waals surface area contributed by atoms with Crippen LogP contribution in [0.3, 0.4) is 0 Å². The van der Waals surface area contributed by atoms with Gasteiger partial charge in [0.1, 0.15) is 11.3 Å². The van der Waals surface area contributed by atoms with Gasteiger partial charge in [-0.3, -0.25) is 0 Å². The highest BCUT2D eigenvalue weighted by Crippen LogP contribution is 2.29. The Bertz CT molecular complexity index is 563. The highest BCUT2D eigenvalue weighted by molar-refractivity contribution is 9.10. The summed E-state index contributed by atoms with van der Waals surface area (Å²) in [6, 6.07) is 3.63. The second-order valence-electron chi connectivity index (χ2n) is 3.98. The Kier molecular flexibility index (Phi) is 2.26. The molecule has 0 radical (unpaired) electrons. The number of aryl methyl sites for hydroxylation is 1. The number of hydrogen-bond donors (Lipinski definition) is 0. The number of halogens is 2. The van der Waals surface area contributed by atoms with E-state index in [2.05, 4.69) is 20.9 Å². The SMILES string of the molecule is Cc1nc2c(F)cc(Br)cc2n1C1COC1. The maximum atomic E-state index is 13.7. The molecule has 5 heteroatoms. The number of ether oxygens (including phenoxy) is 1. The van der Waals surface area contributed by atoms with Crippen LogP contribution in [0.1, 0.15) is 11.9 Å². The van der Waals surface area contributed by atoms with Gasteiger partial charge >= 0.3 is 0 Å². The number of rotatable bonds is 1. The van der Waals surface area contributed by atoms with Crippen LogP contribution < -0.4 is 0 Å². The quantitative estimate of drug-likeness (QED) is 0.805. The van der Waals surface area contributed by atoms with Crippen molar-refractivity contribution in [2.45, 2.75) is 13.0 Å². The van der Waals surface area contributed by atoms with Crippen LogP contribution >= 0.6 is 15.9 Å². The minimum Gasteiger partial charge on any atom is -0.377 e. The molecule has 1 aromatic heterocycles. The minimum absolute atomic E-state index is 0.286. The summed E-state index contributed by atoms with van der Waals surface area (Å²) in [5.74, 6) is 0.548. The number of nitrogens with zero attached hydrogens (tertiary/aromatic N) is 2. The minimum atomic E-state index is -0.286. The van der Waals surface area contributed by atoms with Crippen molar-refractivity contribution in [1.29, 1.82) is 0 Å². The van der Waals surface area contributed by atoms with Crippen LogP contribution in [0.4, 0.5) is 4.39 Å². The van der Waals surface area contributed by atoms with Crippen LogP contribution in [0.25, 0.3) is 11.0 Å². The van der Waals surface area contributed by atoms with E-state index in [-0.39, 0.29) is 5.82 Å². The van der Waals surface area contributed by atoms with E-state index in [1.54, 1.807) is 0 Å². The monoisotopic (exact) mass is 284 g/mol. The van der Waals surface area contributed by atoms with Crippen LogP contribution in [0.5, 0.6) is 0 Å². The van der Waals surface area contributed by atoms with Crippen LogP contribution in [0, 0.1) is 12.7 Å². The molecule has 0 spiro atoms. The summed E-state index contributed by atoms with van der Waals surface area (Å²) < 4.78 is 21.6. The fourth-order valence-electron chi connectivity index (χ4n) is 2.07. The summed E-state index contributed by atoms with van der Waals surface area (Å²) in [6.45, 7) is 3.26. The zero-order chi connectivity index (χ0) is 11.3. The standard InChI is InChI=1S/C11H10BrFN2O/c1-6-14-11-9(13)2-7(12)3-10(11)15(6)8-4-16-5-8/h2-3,8H,4-5H2,1H3. The van der Waals surface area contributed by atoms with E-state index in [9.17, 15) is 4.39 Å². The summed E-state index contributed by atoms with van der Waals surface area (Å²) >= 11 is 3.30. The highest BCUT2D eigenvalue weighted by Gasteiger charge is 2.25. The number of aromatic nitrogens is 2. The lowest BCUT2D eigenvalue weighted by atomic mass is 10.2. The molecule has 0 unspecified atom stereocenters. The molecular formula is C11H10BrFN2O. The zero-order valence-corrected chi connectivity index (χ0v) is 10.3. The molecule has 0 bridgehead atoms. The number of hydrogen-bond acceptors (Lipinski definition) is 2. The third kappa shape index (κ3) is 1.38. The van der Waals surface area contributed by atoms with Gasteiger partial charge < -0.3 is 9.30 Å². The van der Waals surface area contributed by atoms with Crippen LogP contribution in [0.2, 0.25) is 0 Å². The number of fused-ring (bicyclic) bond motifs is 1. The van der Waals surface area contributed by atoms with Crippen molar-refractivity contribution in [2.24, 2.45) is 0 Å². The van der Waals surface area contributed by atoms with Gasteiger partial charge in [-0.25, -0.2) is 9.37 Å². The maximum Gasteiger partial charge on any atom is 0.152 e. The number of imidazole rings is 1. The first-order valence-corrected chi connectivity index (χ1v) is 5.87. The summed E-state index contributed by atoms with van der Waals surface area (Å²) in [6.07, 6.45) is 0. The van der Waals surface area contributed by atoms with Gasteiger partial charge in [0, 0.05) is 4.47 Å². The highest BCUT2D eigenvalue weighted by atomic mass is 79.9. The Labute approximate surface area is 100 Å². The Balaban J connectivity index is 2.29. The van der Waals surface area contributed by atoms with Crippen molar-refractivity contribution < 1.29 is 9.13 Å². The lowest BCUT2D eigenvalue weighted by Crippen LogP contribution is -2.31. The molecule has 3 rings (SSSR count). The first-order valence-electron chi connectivity index (χ1n) is 5.08. The molecule has 2 heterocycles. The molecule has 0 aliphatic carbocycles. The Morgan fingerprint density at radius 2 is 2.25 bits per heavy atom. The van der Waals surface area contributed by atoms with Gasteiger partial charge in [-0.1, -0.05) is 15.9 Å². The second kappa shape index (κ2) is 3.53. The van der Waals surface area contributed by atoms with Gasteiger partial charge in [-0.05, 0) is 19.1 Å². The smallest absolute Gasteiger partial charge is 0.152 e. The lowest BCUT2D eigenvalue weighted by molar-refractivity contribution is -0.0224. The Morgan fingerprint density at radius 3 is 2.88 bits per heavy atom. The van der Waals surface area contributed by atoms with Crippen LogP contribution in [-0.2, 0) is 4.74 Å². The molecule has 1 aliphatic heterocycles. The van der Waals surface area contributed by atoms with Gasteiger partial charge in [0.25, 0.3) is 0 Å². The van der Waals surface area contributed by atoms with E-state index < -0.39 is 0 Å². The van der Waals surface area contributed by atoms with E-state index in [0.717, 1.165) is 15.8 Å². The van der Waals surface area contributed by atoms with Crippen molar-refractivity contribution in [3.63, 3.8) is 0 Å².